The van der Waals surface area contributed by atoms with E-state index in [4.69, 9.17) is 9.73 Å². The van der Waals surface area contributed by atoms with Crippen LogP contribution in [-0.2, 0) is 4.74 Å². The number of nitrogens with zero attached hydrogens (tertiary/aromatic N) is 3. The zero-order valence-electron chi connectivity index (χ0n) is 16.6. The molecule has 2 N–H and O–H groups in total. The number of likely N-dealkylation sites (tertiary alicyclic amines) is 1. The van der Waals surface area contributed by atoms with E-state index in [0.29, 0.717) is 12.1 Å². The lowest BCUT2D eigenvalue weighted by Crippen LogP contribution is -2.46. The Balaban J connectivity index is 1.69. The van der Waals surface area contributed by atoms with Crippen LogP contribution in [-0.4, -0.2) is 86.9 Å². The molecule has 0 aromatic heterocycles. The largest absolute Gasteiger partial charge is 0.379 e. The summed E-state index contributed by atoms with van der Waals surface area (Å²) in [7, 11) is 0. The molecule has 2 heterocycles. The zero-order valence-corrected chi connectivity index (χ0v) is 16.6. The fourth-order valence-electron chi connectivity index (χ4n) is 3.78. The molecule has 2 aliphatic heterocycles. The Bertz CT molecular complexity index is 384. The van der Waals surface area contributed by atoms with E-state index in [1.807, 2.05) is 0 Å². The Hall–Kier alpha value is -0.850. The first-order valence-corrected chi connectivity index (χ1v) is 10.3. The summed E-state index contributed by atoms with van der Waals surface area (Å²) < 4.78 is 5.40. The van der Waals surface area contributed by atoms with Gasteiger partial charge in [-0.05, 0) is 53.1 Å². The van der Waals surface area contributed by atoms with Crippen molar-refractivity contribution >= 4 is 5.96 Å². The van der Waals surface area contributed by atoms with Gasteiger partial charge in [0.05, 0.1) is 19.8 Å². The molecule has 25 heavy (non-hydrogen) atoms. The molecular weight excluding hydrogens is 314 g/mol. The molecule has 0 saturated carbocycles. The number of guanidine groups is 1. The molecule has 2 fully saturated rings. The number of aliphatic imine (C=N–C) groups is 1. The molecule has 6 heteroatoms. The monoisotopic (exact) mass is 353 g/mol. The molecule has 0 radical (unpaired) electrons. The molecule has 146 valence electrons. The lowest BCUT2D eigenvalue weighted by Gasteiger charge is -2.37. The Kier molecular flexibility index (Phi) is 9.58. The average molecular weight is 354 g/mol. The predicted octanol–water partition coefficient (Wildman–Crippen LogP) is 1.53. The van der Waals surface area contributed by atoms with Crippen molar-refractivity contribution in [3.63, 3.8) is 0 Å². The highest BCUT2D eigenvalue weighted by molar-refractivity contribution is 5.79. The van der Waals surface area contributed by atoms with Crippen molar-refractivity contribution in [2.45, 2.75) is 58.5 Å². The summed E-state index contributed by atoms with van der Waals surface area (Å²) in [6.45, 7) is 15.8. The Morgan fingerprint density at radius 2 is 2.00 bits per heavy atom. The van der Waals surface area contributed by atoms with Crippen LogP contribution >= 0.6 is 0 Å². The van der Waals surface area contributed by atoms with E-state index < -0.39 is 0 Å². The standard InChI is InChI=1S/C19H39N5O/c1-4-20-19(21-9-7-10-23-12-14-25-15-13-23)22-16-18(3)24-11-6-5-8-17(24)2/h17-18H,4-16H2,1-3H3,(H2,20,21,22). The van der Waals surface area contributed by atoms with Crippen LogP contribution in [0.2, 0.25) is 0 Å². The van der Waals surface area contributed by atoms with Crippen molar-refractivity contribution in [2.24, 2.45) is 4.99 Å². The molecule has 0 spiro atoms. The van der Waals surface area contributed by atoms with Gasteiger partial charge in [-0.25, -0.2) is 0 Å². The minimum absolute atomic E-state index is 0.513. The van der Waals surface area contributed by atoms with E-state index in [-0.39, 0.29) is 0 Å². The van der Waals surface area contributed by atoms with Crippen LogP contribution in [0.4, 0.5) is 0 Å². The minimum atomic E-state index is 0.513. The van der Waals surface area contributed by atoms with E-state index in [2.05, 4.69) is 41.2 Å². The van der Waals surface area contributed by atoms with Gasteiger partial charge in [0.1, 0.15) is 0 Å². The molecule has 0 aromatic carbocycles. The van der Waals surface area contributed by atoms with Gasteiger partial charge in [-0.3, -0.25) is 14.8 Å². The molecule has 2 rings (SSSR count). The Labute approximate surface area is 154 Å². The predicted molar refractivity (Wildman–Crippen MR) is 105 cm³/mol. The average Bonchev–Trinajstić information content (AvgIpc) is 2.64. The van der Waals surface area contributed by atoms with E-state index >= 15 is 0 Å². The number of piperidine rings is 1. The fraction of sp³-hybridized carbons (Fsp3) is 0.947. The molecular formula is C19H39N5O. The number of rotatable bonds is 8. The number of hydrogen-bond acceptors (Lipinski definition) is 4. The number of morpholine rings is 1. The quantitative estimate of drug-likeness (QED) is 0.394. The summed E-state index contributed by atoms with van der Waals surface area (Å²) in [5.41, 5.74) is 0. The van der Waals surface area contributed by atoms with E-state index in [9.17, 15) is 0 Å². The summed E-state index contributed by atoms with van der Waals surface area (Å²) in [6, 6.07) is 1.21. The highest BCUT2D eigenvalue weighted by atomic mass is 16.5. The minimum Gasteiger partial charge on any atom is -0.379 e. The van der Waals surface area contributed by atoms with Crippen LogP contribution in [0.5, 0.6) is 0 Å². The van der Waals surface area contributed by atoms with Gasteiger partial charge in [0.25, 0.3) is 0 Å². The lowest BCUT2D eigenvalue weighted by atomic mass is 10.0. The van der Waals surface area contributed by atoms with Crippen molar-refractivity contribution in [3.8, 4) is 0 Å². The second kappa shape index (κ2) is 11.7. The van der Waals surface area contributed by atoms with Crippen molar-refractivity contribution in [1.82, 2.24) is 20.4 Å². The highest BCUT2D eigenvalue weighted by Gasteiger charge is 2.22. The van der Waals surface area contributed by atoms with Gasteiger partial charge >= 0.3 is 0 Å². The van der Waals surface area contributed by atoms with Gasteiger partial charge in [-0.1, -0.05) is 6.42 Å². The van der Waals surface area contributed by atoms with Crippen LogP contribution in [0.15, 0.2) is 4.99 Å². The smallest absolute Gasteiger partial charge is 0.191 e. The molecule has 0 aliphatic carbocycles. The lowest BCUT2D eigenvalue weighted by molar-refractivity contribution is 0.0376. The SMILES string of the molecule is CCNC(=NCC(C)N1CCCCC1C)NCCCN1CCOCC1. The number of hydrogen-bond donors (Lipinski definition) is 2. The van der Waals surface area contributed by atoms with Gasteiger partial charge in [0, 0.05) is 38.3 Å². The van der Waals surface area contributed by atoms with E-state index in [0.717, 1.165) is 64.9 Å². The van der Waals surface area contributed by atoms with Crippen LogP contribution in [0, 0.1) is 0 Å². The van der Waals surface area contributed by atoms with Crippen molar-refractivity contribution < 1.29 is 4.74 Å². The molecule has 6 nitrogen and oxygen atoms in total. The van der Waals surface area contributed by atoms with Crippen LogP contribution < -0.4 is 10.6 Å². The summed E-state index contributed by atoms with van der Waals surface area (Å²) in [6.07, 6.45) is 5.18. The second-order valence-corrected chi connectivity index (χ2v) is 7.39. The topological polar surface area (TPSA) is 52.1 Å². The second-order valence-electron chi connectivity index (χ2n) is 7.39. The van der Waals surface area contributed by atoms with Gasteiger partial charge < -0.3 is 15.4 Å². The molecule has 0 aromatic rings. The maximum atomic E-state index is 5.40. The fourth-order valence-corrected chi connectivity index (χ4v) is 3.78. The Morgan fingerprint density at radius 3 is 2.72 bits per heavy atom. The van der Waals surface area contributed by atoms with Gasteiger partial charge in [0.2, 0.25) is 0 Å². The van der Waals surface area contributed by atoms with Crippen LogP contribution in [0.3, 0.4) is 0 Å². The van der Waals surface area contributed by atoms with Crippen molar-refractivity contribution in [1.29, 1.82) is 0 Å². The highest BCUT2D eigenvalue weighted by Crippen LogP contribution is 2.19. The van der Waals surface area contributed by atoms with Crippen LogP contribution in [0.25, 0.3) is 0 Å². The normalized spacial score (nSPS) is 24.9. The maximum absolute atomic E-state index is 5.40. The molecule has 2 saturated heterocycles. The molecule has 0 bridgehead atoms. The maximum Gasteiger partial charge on any atom is 0.191 e. The first-order valence-electron chi connectivity index (χ1n) is 10.3. The number of ether oxygens (including phenoxy) is 1. The molecule has 2 aliphatic rings. The third-order valence-electron chi connectivity index (χ3n) is 5.33. The van der Waals surface area contributed by atoms with Crippen molar-refractivity contribution in [2.75, 3.05) is 59.0 Å². The third kappa shape index (κ3) is 7.50. The number of nitrogens with one attached hydrogen (secondary N) is 2. The molecule has 2 unspecified atom stereocenters. The zero-order chi connectivity index (χ0) is 17.9. The van der Waals surface area contributed by atoms with E-state index in [1.165, 1.54) is 25.8 Å². The summed E-state index contributed by atoms with van der Waals surface area (Å²) in [5, 5.41) is 6.87. The summed E-state index contributed by atoms with van der Waals surface area (Å²) in [5.74, 6) is 0.959. The molecule has 0 amide bonds. The molecule has 2 atom stereocenters. The van der Waals surface area contributed by atoms with Gasteiger partial charge in [0.15, 0.2) is 5.96 Å². The van der Waals surface area contributed by atoms with Gasteiger partial charge in [-0.2, -0.15) is 0 Å². The van der Waals surface area contributed by atoms with Gasteiger partial charge in [-0.15, -0.1) is 0 Å². The first kappa shape index (κ1) is 20.5. The third-order valence-corrected chi connectivity index (χ3v) is 5.33. The van der Waals surface area contributed by atoms with Crippen molar-refractivity contribution in [3.05, 3.63) is 0 Å². The summed E-state index contributed by atoms with van der Waals surface area (Å²) in [4.78, 5) is 9.93. The summed E-state index contributed by atoms with van der Waals surface area (Å²) >= 11 is 0. The first-order chi connectivity index (χ1) is 12.2. The Morgan fingerprint density at radius 1 is 1.20 bits per heavy atom. The van der Waals surface area contributed by atoms with E-state index in [1.54, 1.807) is 0 Å². The van der Waals surface area contributed by atoms with Crippen LogP contribution in [0.1, 0.15) is 46.5 Å².